The van der Waals surface area contributed by atoms with Crippen LogP contribution in [0.5, 0.6) is 11.6 Å². The van der Waals surface area contributed by atoms with E-state index in [1.165, 1.54) is 12.4 Å². The molecule has 2 rings (SSSR count). The van der Waals surface area contributed by atoms with E-state index in [9.17, 15) is 4.79 Å². The van der Waals surface area contributed by atoms with Crippen molar-refractivity contribution in [1.82, 2.24) is 9.97 Å². The quantitative estimate of drug-likeness (QED) is 0.943. The Kier molecular flexibility index (Phi) is 3.57. The summed E-state index contributed by atoms with van der Waals surface area (Å²) in [5, 5.41) is 8.80. The average Bonchev–Trinajstić information content (AvgIpc) is 2.33. The Morgan fingerprint density at radius 3 is 2.83 bits per heavy atom. The third-order valence-corrected chi connectivity index (χ3v) is 2.75. The van der Waals surface area contributed by atoms with Crippen molar-refractivity contribution in [2.75, 3.05) is 0 Å². The van der Waals surface area contributed by atoms with E-state index in [1.54, 1.807) is 6.07 Å². The van der Waals surface area contributed by atoms with Gasteiger partial charge >= 0.3 is 5.97 Å². The fraction of sp³-hybridized carbons (Fsp3) is 0.0833. The molecule has 5 nitrogen and oxygen atoms in total. The highest BCUT2D eigenvalue weighted by Gasteiger charge is 2.09. The standard InChI is InChI=1S/C12H9BrN2O3/c1-7-2-3-10(8(13)4-7)18-11-6-14-5-9(15-11)12(16)17/h2-6H,1H3,(H,16,17). The van der Waals surface area contributed by atoms with Gasteiger partial charge in [-0.15, -0.1) is 0 Å². The molecule has 1 aromatic heterocycles. The Bertz CT molecular complexity index is 602. The number of aryl methyl sites for hydroxylation is 1. The van der Waals surface area contributed by atoms with E-state index in [1.807, 2.05) is 19.1 Å². The molecule has 0 fully saturated rings. The summed E-state index contributed by atoms with van der Waals surface area (Å²) in [5.74, 6) is -0.451. The van der Waals surface area contributed by atoms with Gasteiger partial charge in [0.25, 0.3) is 0 Å². The van der Waals surface area contributed by atoms with E-state index in [-0.39, 0.29) is 11.6 Å². The number of hydrogen-bond acceptors (Lipinski definition) is 4. The van der Waals surface area contributed by atoms with E-state index in [0.29, 0.717) is 5.75 Å². The van der Waals surface area contributed by atoms with Gasteiger partial charge in [-0.1, -0.05) is 6.07 Å². The molecule has 0 spiro atoms. The third kappa shape index (κ3) is 2.84. The molecule has 0 aliphatic heterocycles. The number of aromatic nitrogens is 2. The van der Waals surface area contributed by atoms with Gasteiger partial charge in [0.15, 0.2) is 5.69 Å². The first-order chi connectivity index (χ1) is 8.56. The van der Waals surface area contributed by atoms with Crippen LogP contribution in [0.1, 0.15) is 16.1 Å². The van der Waals surface area contributed by atoms with Crippen LogP contribution in [-0.4, -0.2) is 21.0 Å². The van der Waals surface area contributed by atoms with Crippen molar-refractivity contribution in [3.63, 3.8) is 0 Å². The number of rotatable bonds is 3. The zero-order chi connectivity index (χ0) is 13.1. The number of ether oxygens (including phenoxy) is 1. The number of carboxylic acid groups (broad SMARTS) is 1. The second-order valence-electron chi connectivity index (χ2n) is 3.58. The molecular weight excluding hydrogens is 300 g/mol. The van der Waals surface area contributed by atoms with E-state index in [2.05, 4.69) is 25.9 Å². The molecule has 0 bridgehead atoms. The molecule has 1 heterocycles. The second-order valence-corrected chi connectivity index (χ2v) is 4.44. The summed E-state index contributed by atoms with van der Waals surface area (Å²) in [4.78, 5) is 18.3. The highest BCUT2D eigenvalue weighted by molar-refractivity contribution is 9.10. The zero-order valence-corrected chi connectivity index (χ0v) is 11.0. The van der Waals surface area contributed by atoms with Crippen molar-refractivity contribution in [2.24, 2.45) is 0 Å². The van der Waals surface area contributed by atoms with Crippen LogP contribution in [-0.2, 0) is 0 Å². The largest absolute Gasteiger partial charge is 0.476 e. The van der Waals surface area contributed by atoms with E-state index >= 15 is 0 Å². The van der Waals surface area contributed by atoms with Gasteiger partial charge in [-0.25, -0.2) is 9.78 Å². The Hall–Kier alpha value is -1.95. The molecule has 1 N–H and O–H groups in total. The minimum Gasteiger partial charge on any atom is -0.476 e. The van der Waals surface area contributed by atoms with Crippen LogP contribution in [0.25, 0.3) is 0 Å². The number of carbonyl (C=O) groups is 1. The van der Waals surface area contributed by atoms with E-state index in [0.717, 1.165) is 10.0 Å². The van der Waals surface area contributed by atoms with Crippen LogP contribution in [0.4, 0.5) is 0 Å². The predicted molar refractivity (Wildman–Crippen MR) is 67.9 cm³/mol. The smallest absolute Gasteiger partial charge is 0.356 e. The molecule has 0 radical (unpaired) electrons. The molecule has 92 valence electrons. The Balaban J connectivity index is 2.28. The van der Waals surface area contributed by atoms with Gasteiger partial charge < -0.3 is 9.84 Å². The Morgan fingerprint density at radius 2 is 2.17 bits per heavy atom. The lowest BCUT2D eigenvalue weighted by molar-refractivity contribution is 0.0689. The van der Waals surface area contributed by atoms with Crippen LogP contribution in [0, 0.1) is 6.92 Å². The van der Waals surface area contributed by atoms with Gasteiger partial charge in [-0.05, 0) is 40.5 Å². The topological polar surface area (TPSA) is 72.3 Å². The molecule has 6 heteroatoms. The lowest BCUT2D eigenvalue weighted by Crippen LogP contribution is -2.02. The number of carboxylic acids is 1. The van der Waals surface area contributed by atoms with Crippen LogP contribution in [0.2, 0.25) is 0 Å². The van der Waals surface area contributed by atoms with Crippen LogP contribution in [0.15, 0.2) is 35.1 Å². The van der Waals surface area contributed by atoms with Gasteiger partial charge in [-0.3, -0.25) is 4.98 Å². The summed E-state index contributed by atoms with van der Waals surface area (Å²) in [6, 6.07) is 5.55. The molecule has 0 unspecified atom stereocenters. The first-order valence-electron chi connectivity index (χ1n) is 5.05. The summed E-state index contributed by atoms with van der Waals surface area (Å²) in [6.45, 7) is 1.96. The lowest BCUT2D eigenvalue weighted by Gasteiger charge is -2.07. The highest BCUT2D eigenvalue weighted by atomic mass is 79.9. The molecule has 1 aromatic carbocycles. The van der Waals surface area contributed by atoms with Gasteiger partial charge in [0.1, 0.15) is 5.75 Å². The first-order valence-corrected chi connectivity index (χ1v) is 5.85. The van der Waals surface area contributed by atoms with Crippen molar-refractivity contribution in [1.29, 1.82) is 0 Å². The average molecular weight is 309 g/mol. The van der Waals surface area contributed by atoms with Crippen molar-refractivity contribution in [3.05, 3.63) is 46.3 Å². The molecule has 2 aromatic rings. The second kappa shape index (κ2) is 5.14. The third-order valence-electron chi connectivity index (χ3n) is 2.13. The summed E-state index contributed by atoms with van der Waals surface area (Å²) in [7, 11) is 0. The molecule has 0 amide bonds. The molecule has 0 atom stereocenters. The fourth-order valence-corrected chi connectivity index (χ4v) is 1.88. The molecule has 0 aliphatic carbocycles. The Morgan fingerprint density at radius 1 is 1.39 bits per heavy atom. The van der Waals surface area contributed by atoms with Crippen molar-refractivity contribution in [3.8, 4) is 11.6 Å². The minimum atomic E-state index is -1.14. The van der Waals surface area contributed by atoms with Crippen LogP contribution >= 0.6 is 15.9 Å². The zero-order valence-electron chi connectivity index (χ0n) is 9.42. The van der Waals surface area contributed by atoms with Gasteiger partial charge in [0, 0.05) is 0 Å². The van der Waals surface area contributed by atoms with E-state index < -0.39 is 5.97 Å². The minimum absolute atomic E-state index is 0.138. The van der Waals surface area contributed by atoms with Crippen molar-refractivity contribution in [2.45, 2.75) is 6.92 Å². The molecule has 0 saturated carbocycles. The normalized spacial score (nSPS) is 10.1. The summed E-state index contributed by atoms with van der Waals surface area (Å²) < 4.78 is 6.24. The summed E-state index contributed by atoms with van der Waals surface area (Å²) in [6.07, 6.45) is 2.53. The lowest BCUT2D eigenvalue weighted by atomic mass is 10.2. The number of nitrogens with zero attached hydrogens (tertiary/aromatic N) is 2. The molecule has 18 heavy (non-hydrogen) atoms. The number of aromatic carboxylic acids is 1. The van der Waals surface area contributed by atoms with Gasteiger partial charge in [0.05, 0.1) is 16.9 Å². The molecular formula is C12H9BrN2O3. The first kappa shape index (κ1) is 12.5. The fourth-order valence-electron chi connectivity index (χ4n) is 1.30. The SMILES string of the molecule is Cc1ccc(Oc2cncc(C(=O)O)n2)c(Br)c1. The van der Waals surface area contributed by atoms with Crippen molar-refractivity contribution < 1.29 is 14.6 Å². The molecule has 0 saturated heterocycles. The maximum Gasteiger partial charge on any atom is 0.356 e. The monoisotopic (exact) mass is 308 g/mol. The van der Waals surface area contributed by atoms with E-state index in [4.69, 9.17) is 9.84 Å². The van der Waals surface area contributed by atoms with Gasteiger partial charge in [-0.2, -0.15) is 0 Å². The Labute approximate surface area is 112 Å². The predicted octanol–water partition coefficient (Wildman–Crippen LogP) is 3.04. The summed E-state index contributed by atoms with van der Waals surface area (Å²) >= 11 is 3.36. The molecule has 0 aliphatic rings. The van der Waals surface area contributed by atoms with Crippen LogP contribution in [0.3, 0.4) is 0 Å². The maximum absolute atomic E-state index is 10.7. The highest BCUT2D eigenvalue weighted by Crippen LogP contribution is 2.29. The number of benzene rings is 1. The van der Waals surface area contributed by atoms with Crippen molar-refractivity contribution >= 4 is 21.9 Å². The van der Waals surface area contributed by atoms with Crippen LogP contribution < -0.4 is 4.74 Å². The maximum atomic E-state index is 10.7. The summed E-state index contributed by atoms with van der Waals surface area (Å²) in [5.41, 5.74) is 0.926. The number of halogens is 1. The number of hydrogen-bond donors (Lipinski definition) is 1. The van der Waals surface area contributed by atoms with Gasteiger partial charge in [0.2, 0.25) is 5.88 Å².